The standard InChI is InChI=1S/C23H23N5O4/c1-14-5-7-17(15(2)9-14)18-11-19-23(30)27(24-13-28(19)26-18)12-22(29)25-16-6-8-20(31-3)21(10-16)32-4/h5-11,13H,12H2,1-4H3,(H,25,29). The summed E-state index contributed by atoms with van der Waals surface area (Å²) in [6, 6.07) is 12.8. The Morgan fingerprint density at radius 3 is 2.53 bits per heavy atom. The number of aryl methyl sites for hydroxylation is 2. The van der Waals surface area contributed by atoms with E-state index in [9.17, 15) is 9.59 Å². The van der Waals surface area contributed by atoms with Crippen LogP contribution in [-0.4, -0.2) is 39.5 Å². The summed E-state index contributed by atoms with van der Waals surface area (Å²) in [5.41, 5.74) is 4.29. The zero-order valence-corrected chi connectivity index (χ0v) is 18.2. The van der Waals surface area contributed by atoms with Crippen LogP contribution in [0.25, 0.3) is 16.8 Å². The smallest absolute Gasteiger partial charge is 0.293 e. The summed E-state index contributed by atoms with van der Waals surface area (Å²) >= 11 is 0. The van der Waals surface area contributed by atoms with E-state index in [2.05, 4.69) is 21.6 Å². The normalized spacial score (nSPS) is 10.9. The van der Waals surface area contributed by atoms with Crippen molar-refractivity contribution in [1.82, 2.24) is 19.4 Å². The number of fused-ring (bicyclic) bond motifs is 1. The molecule has 0 saturated heterocycles. The molecule has 0 aliphatic heterocycles. The Balaban J connectivity index is 1.58. The van der Waals surface area contributed by atoms with Crippen LogP contribution < -0.4 is 20.3 Å². The predicted molar refractivity (Wildman–Crippen MR) is 120 cm³/mol. The van der Waals surface area contributed by atoms with Gasteiger partial charge in [0.05, 0.1) is 19.9 Å². The van der Waals surface area contributed by atoms with Gasteiger partial charge in [0.15, 0.2) is 11.5 Å². The topological polar surface area (TPSA) is 99.8 Å². The van der Waals surface area contributed by atoms with Gasteiger partial charge in [0.1, 0.15) is 18.4 Å². The van der Waals surface area contributed by atoms with Gasteiger partial charge in [-0.05, 0) is 37.6 Å². The molecule has 32 heavy (non-hydrogen) atoms. The van der Waals surface area contributed by atoms with E-state index in [1.165, 1.54) is 25.1 Å². The lowest BCUT2D eigenvalue weighted by Gasteiger charge is -2.11. The molecule has 2 aromatic carbocycles. The monoisotopic (exact) mass is 433 g/mol. The number of anilines is 1. The number of hydrogen-bond donors (Lipinski definition) is 1. The van der Waals surface area contributed by atoms with Gasteiger partial charge in [0.2, 0.25) is 5.91 Å². The fraction of sp³-hybridized carbons (Fsp3) is 0.217. The third kappa shape index (κ3) is 4.04. The summed E-state index contributed by atoms with van der Waals surface area (Å²) in [7, 11) is 3.05. The number of nitrogens with zero attached hydrogens (tertiary/aromatic N) is 4. The summed E-state index contributed by atoms with van der Waals surface area (Å²) in [6.45, 7) is 3.78. The van der Waals surface area contributed by atoms with E-state index in [0.717, 1.165) is 21.4 Å². The van der Waals surface area contributed by atoms with E-state index in [1.807, 2.05) is 26.0 Å². The van der Waals surface area contributed by atoms with Crippen molar-refractivity contribution < 1.29 is 14.3 Å². The van der Waals surface area contributed by atoms with E-state index in [1.54, 1.807) is 24.3 Å². The summed E-state index contributed by atoms with van der Waals surface area (Å²) in [5.74, 6) is 0.639. The number of methoxy groups -OCH3 is 2. The third-order valence-corrected chi connectivity index (χ3v) is 5.11. The van der Waals surface area contributed by atoms with Crippen LogP contribution in [-0.2, 0) is 11.3 Å². The number of ether oxygens (including phenoxy) is 2. The van der Waals surface area contributed by atoms with Crippen LogP contribution in [0, 0.1) is 13.8 Å². The van der Waals surface area contributed by atoms with Crippen molar-refractivity contribution in [2.24, 2.45) is 0 Å². The molecule has 0 saturated carbocycles. The first kappa shape index (κ1) is 21.1. The number of rotatable bonds is 6. The van der Waals surface area contributed by atoms with Crippen LogP contribution in [0.1, 0.15) is 11.1 Å². The Kier molecular flexibility index (Phi) is 5.63. The zero-order chi connectivity index (χ0) is 22.8. The molecular formula is C23H23N5O4. The predicted octanol–water partition coefficient (Wildman–Crippen LogP) is 2.83. The highest BCUT2D eigenvalue weighted by Crippen LogP contribution is 2.29. The van der Waals surface area contributed by atoms with Gasteiger partial charge in [-0.1, -0.05) is 23.8 Å². The molecule has 0 aliphatic carbocycles. The molecule has 1 amide bonds. The molecule has 164 valence electrons. The number of carbonyl (C=O) groups excluding carboxylic acids is 1. The van der Waals surface area contributed by atoms with Crippen molar-refractivity contribution >= 4 is 17.1 Å². The maximum absolute atomic E-state index is 12.9. The molecule has 0 aliphatic rings. The highest BCUT2D eigenvalue weighted by molar-refractivity contribution is 5.91. The van der Waals surface area contributed by atoms with Gasteiger partial charge in [-0.2, -0.15) is 10.2 Å². The van der Waals surface area contributed by atoms with Crippen molar-refractivity contribution in [2.45, 2.75) is 20.4 Å². The van der Waals surface area contributed by atoms with Gasteiger partial charge in [-0.3, -0.25) is 9.59 Å². The maximum atomic E-state index is 12.9. The quantitative estimate of drug-likeness (QED) is 0.502. The van der Waals surface area contributed by atoms with Crippen LogP contribution >= 0.6 is 0 Å². The second kappa shape index (κ2) is 8.54. The molecule has 9 heteroatoms. The molecule has 4 rings (SSSR count). The molecule has 0 atom stereocenters. The zero-order valence-electron chi connectivity index (χ0n) is 18.2. The molecule has 9 nitrogen and oxygen atoms in total. The largest absolute Gasteiger partial charge is 0.493 e. The average molecular weight is 433 g/mol. The number of amides is 1. The third-order valence-electron chi connectivity index (χ3n) is 5.11. The fourth-order valence-electron chi connectivity index (χ4n) is 3.53. The van der Waals surface area contributed by atoms with Crippen molar-refractivity contribution in [3.05, 3.63) is 70.3 Å². The first-order chi connectivity index (χ1) is 15.4. The molecule has 1 N–H and O–H groups in total. The second-order valence-corrected chi connectivity index (χ2v) is 7.39. The average Bonchev–Trinajstić information content (AvgIpc) is 3.20. The van der Waals surface area contributed by atoms with Crippen LogP contribution in [0.5, 0.6) is 11.5 Å². The minimum absolute atomic E-state index is 0.242. The summed E-state index contributed by atoms with van der Waals surface area (Å²) in [5, 5.41) is 11.3. The number of hydrogen-bond acceptors (Lipinski definition) is 6. The van der Waals surface area contributed by atoms with Crippen molar-refractivity contribution in [1.29, 1.82) is 0 Å². The Labute approximate surface area is 184 Å². The highest BCUT2D eigenvalue weighted by atomic mass is 16.5. The fourth-order valence-corrected chi connectivity index (χ4v) is 3.53. The summed E-state index contributed by atoms with van der Waals surface area (Å²) in [6.07, 6.45) is 1.42. The Morgan fingerprint density at radius 1 is 1.03 bits per heavy atom. The van der Waals surface area contributed by atoms with E-state index in [-0.39, 0.29) is 6.54 Å². The van der Waals surface area contributed by atoms with Crippen LogP contribution in [0.3, 0.4) is 0 Å². The molecule has 0 radical (unpaired) electrons. The van der Waals surface area contributed by atoms with Gasteiger partial charge in [0.25, 0.3) is 5.56 Å². The lowest BCUT2D eigenvalue weighted by Crippen LogP contribution is -2.30. The Bertz CT molecular complexity index is 1370. The minimum atomic E-state index is -0.404. The second-order valence-electron chi connectivity index (χ2n) is 7.39. The SMILES string of the molecule is COc1ccc(NC(=O)Cn2ncn3nc(-c4ccc(C)cc4C)cc3c2=O)cc1OC. The molecule has 4 aromatic rings. The molecular weight excluding hydrogens is 410 g/mol. The minimum Gasteiger partial charge on any atom is -0.493 e. The first-order valence-electron chi connectivity index (χ1n) is 9.94. The van der Waals surface area contributed by atoms with E-state index in [0.29, 0.717) is 28.4 Å². The molecule has 0 fully saturated rings. The number of nitrogens with one attached hydrogen (secondary N) is 1. The number of aromatic nitrogens is 4. The van der Waals surface area contributed by atoms with E-state index in [4.69, 9.17) is 9.47 Å². The van der Waals surface area contributed by atoms with Crippen LogP contribution in [0.2, 0.25) is 0 Å². The highest BCUT2D eigenvalue weighted by Gasteiger charge is 2.14. The van der Waals surface area contributed by atoms with E-state index >= 15 is 0 Å². The molecule has 2 aromatic heterocycles. The van der Waals surface area contributed by atoms with Crippen molar-refractivity contribution in [3.63, 3.8) is 0 Å². The van der Waals surface area contributed by atoms with Crippen LogP contribution in [0.4, 0.5) is 5.69 Å². The maximum Gasteiger partial charge on any atom is 0.293 e. The van der Waals surface area contributed by atoms with Crippen LogP contribution in [0.15, 0.2) is 53.6 Å². The molecule has 0 unspecified atom stereocenters. The number of benzene rings is 2. The number of carbonyl (C=O) groups is 1. The molecule has 2 heterocycles. The Morgan fingerprint density at radius 2 is 1.81 bits per heavy atom. The summed E-state index contributed by atoms with van der Waals surface area (Å²) < 4.78 is 13.0. The molecule has 0 spiro atoms. The van der Waals surface area contributed by atoms with Gasteiger partial charge in [0, 0.05) is 17.3 Å². The van der Waals surface area contributed by atoms with Gasteiger partial charge in [-0.15, -0.1) is 0 Å². The van der Waals surface area contributed by atoms with Gasteiger partial charge >= 0.3 is 0 Å². The van der Waals surface area contributed by atoms with Crippen molar-refractivity contribution in [2.75, 3.05) is 19.5 Å². The lowest BCUT2D eigenvalue weighted by molar-refractivity contribution is -0.117. The van der Waals surface area contributed by atoms with Gasteiger partial charge < -0.3 is 14.8 Å². The summed E-state index contributed by atoms with van der Waals surface area (Å²) in [4.78, 5) is 25.4. The molecule has 0 bridgehead atoms. The van der Waals surface area contributed by atoms with Gasteiger partial charge in [-0.25, -0.2) is 9.20 Å². The first-order valence-corrected chi connectivity index (χ1v) is 9.94. The van der Waals surface area contributed by atoms with E-state index < -0.39 is 11.5 Å². The Hall–Kier alpha value is -4.14. The van der Waals surface area contributed by atoms with Crippen molar-refractivity contribution in [3.8, 4) is 22.8 Å². The lowest BCUT2D eigenvalue weighted by atomic mass is 10.0.